The van der Waals surface area contributed by atoms with E-state index in [4.69, 9.17) is 0 Å². The molecule has 0 spiro atoms. The van der Waals surface area contributed by atoms with Gasteiger partial charge in [-0.25, -0.2) is 9.59 Å². The van der Waals surface area contributed by atoms with Gasteiger partial charge in [-0.15, -0.1) is 0 Å². The molecule has 0 saturated carbocycles. The molecule has 2 aromatic rings. The lowest BCUT2D eigenvalue weighted by molar-refractivity contribution is 0.0697. The number of allylic oxidation sites excluding steroid dienone is 2. The van der Waals surface area contributed by atoms with Gasteiger partial charge in [0.05, 0.1) is 22.6 Å². The normalized spacial score (nSPS) is 23.3. The van der Waals surface area contributed by atoms with Crippen molar-refractivity contribution in [3.05, 3.63) is 46.4 Å². The van der Waals surface area contributed by atoms with Crippen LogP contribution in [0.2, 0.25) is 0 Å². The Morgan fingerprint density at radius 2 is 2.07 bits per heavy atom. The molecule has 1 saturated heterocycles. The Bertz CT molecular complexity index is 940. The molecule has 6 nitrogen and oxygen atoms in total. The molecule has 2 atom stereocenters. The third kappa shape index (κ3) is 3.23. The number of hydrogen-bond acceptors (Lipinski definition) is 3. The number of carbonyl (C=O) groups is 1. The predicted octanol–water partition coefficient (Wildman–Crippen LogP) is 3.27. The van der Waals surface area contributed by atoms with Crippen molar-refractivity contribution in [3.8, 4) is 0 Å². The number of imidazole rings is 1. The lowest BCUT2D eigenvalue weighted by Crippen LogP contribution is -2.36. The molecule has 1 fully saturated rings. The number of carboxylic acid groups (broad SMARTS) is 1. The highest BCUT2D eigenvalue weighted by Crippen LogP contribution is 2.27. The highest BCUT2D eigenvalue weighted by atomic mass is 16.4. The number of aromatic carboxylic acids is 1. The molecular weight excluding hydrogens is 342 g/mol. The molecule has 1 aromatic carbocycles. The van der Waals surface area contributed by atoms with E-state index in [9.17, 15) is 14.7 Å². The Morgan fingerprint density at radius 3 is 2.78 bits per heavy atom. The Kier molecular flexibility index (Phi) is 4.91. The molecule has 1 aliphatic heterocycles. The van der Waals surface area contributed by atoms with Crippen LogP contribution in [-0.2, 0) is 6.54 Å². The summed E-state index contributed by atoms with van der Waals surface area (Å²) in [7, 11) is 0. The molecule has 1 aromatic heterocycles. The molecule has 2 aliphatic rings. The van der Waals surface area contributed by atoms with Gasteiger partial charge in [0.1, 0.15) is 0 Å². The van der Waals surface area contributed by atoms with Gasteiger partial charge in [-0.3, -0.25) is 14.0 Å². The van der Waals surface area contributed by atoms with Crippen LogP contribution in [0.4, 0.5) is 0 Å². The van der Waals surface area contributed by atoms with E-state index >= 15 is 0 Å². The summed E-state index contributed by atoms with van der Waals surface area (Å²) in [4.78, 5) is 27.3. The summed E-state index contributed by atoms with van der Waals surface area (Å²) in [6, 6.07) is 5.43. The fraction of sp³-hybridized carbons (Fsp3) is 0.524. The maximum atomic E-state index is 13.4. The van der Waals surface area contributed by atoms with Crippen LogP contribution in [0.3, 0.4) is 0 Å². The van der Waals surface area contributed by atoms with Gasteiger partial charge in [-0.1, -0.05) is 19.1 Å². The highest BCUT2D eigenvalue weighted by molar-refractivity contribution is 5.92. The number of likely N-dealkylation sites (tertiary alicyclic amines) is 1. The van der Waals surface area contributed by atoms with E-state index in [-0.39, 0.29) is 17.3 Å². The molecule has 1 N–H and O–H groups in total. The zero-order valence-corrected chi connectivity index (χ0v) is 15.8. The minimum absolute atomic E-state index is 0.00454. The van der Waals surface area contributed by atoms with E-state index in [1.165, 1.54) is 6.42 Å². The SMILES string of the molecule is CCN1CCCC1Cn1c(=O)n(C2C=CCCC2)c2cc(C(=O)O)ccc21. The average molecular weight is 369 g/mol. The lowest BCUT2D eigenvalue weighted by atomic mass is 10.0. The van der Waals surface area contributed by atoms with Crippen molar-refractivity contribution in [1.29, 1.82) is 0 Å². The van der Waals surface area contributed by atoms with Gasteiger partial charge in [-0.05, 0) is 63.4 Å². The van der Waals surface area contributed by atoms with Crippen molar-refractivity contribution in [3.63, 3.8) is 0 Å². The smallest absolute Gasteiger partial charge is 0.335 e. The van der Waals surface area contributed by atoms with Crippen molar-refractivity contribution in [1.82, 2.24) is 14.0 Å². The van der Waals surface area contributed by atoms with Crippen molar-refractivity contribution >= 4 is 17.0 Å². The Hall–Kier alpha value is -2.34. The summed E-state index contributed by atoms with van der Waals surface area (Å²) in [5.41, 5.74) is 1.78. The van der Waals surface area contributed by atoms with Crippen molar-refractivity contribution < 1.29 is 9.90 Å². The average Bonchev–Trinajstić information content (AvgIpc) is 3.24. The highest BCUT2D eigenvalue weighted by Gasteiger charge is 2.27. The van der Waals surface area contributed by atoms with E-state index in [1.807, 2.05) is 9.13 Å². The van der Waals surface area contributed by atoms with E-state index in [1.54, 1.807) is 18.2 Å². The van der Waals surface area contributed by atoms with Crippen LogP contribution in [0, 0.1) is 0 Å². The zero-order valence-electron chi connectivity index (χ0n) is 15.8. The van der Waals surface area contributed by atoms with Gasteiger partial charge in [0.15, 0.2) is 0 Å². The molecule has 2 heterocycles. The first-order valence-electron chi connectivity index (χ1n) is 9.99. The number of carboxylic acids is 1. The summed E-state index contributed by atoms with van der Waals surface area (Å²) in [6.45, 7) is 4.91. The van der Waals surface area contributed by atoms with E-state index in [2.05, 4.69) is 24.0 Å². The van der Waals surface area contributed by atoms with Crippen LogP contribution >= 0.6 is 0 Å². The number of aromatic nitrogens is 2. The number of hydrogen-bond donors (Lipinski definition) is 1. The summed E-state index contributed by atoms with van der Waals surface area (Å²) in [5, 5.41) is 9.40. The molecule has 1 aliphatic carbocycles. The van der Waals surface area contributed by atoms with E-state index in [0.717, 1.165) is 49.8 Å². The second-order valence-corrected chi connectivity index (χ2v) is 7.62. The van der Waals surface area contributed by atoms with Gasteiger partial charge < -0.3 is 5.11 Å². The Morgan fingerprint density at radius 1 is 1.22 bits per heavy atom. The number of rotatable bonds is 5. The quantitative estimate of drug-likeness (QED) is 0.822. The fourth-order valence-electron chi connectivity index (χ4n) is 4.65. The zero-order chi connectivity index (χ0) is 19.0. The van der Waals surface area contributed by atoms with Gasteiger partial charge in [-0.2, -0.15) is 0 Å². The molecule has 144 valence electrons. The largest absolute Gasteiger partial charge is 0.478 e. The monoisotopic (exact) mass is 369 g/mol. The second kappa shape index (κ2) is 7.35. The standard InChI is InChI=1S/C21H27N3O3/c1-2-22-12-6-9-17(22)14-23-18-11-10-15(20(25)26)13-19(18)24(21(23)27)16-7-4-3-5-8-16/h4,7,10-11,13,16-17H,2-3,5-6,8-9,12,14H2,1H3,(H,25,26). The Balaban J connectivity index is 1.84. The van der Waals surface area contributed by atoms with E-state index < -0.39 is 5.97 Å². The molecule has 4 rings (SSSR count). The van der Waals surface area contributed by atoms with Crippen LogP contribution in [0.25, 0.3) is 11.0 Å². The molecule has 0 bridgehead atoms. The topological polar surface area (TPSA) is 67.5 Å². The van der Waals surface area contributed by atoms with Gasteiger partial charge >= 0.3 is 11.7 Å². The molecule has 27 heavy (non-hydrogen) atoms. The van der Waals surface area contributed by atoms with Crippen molar-refractivity contribution in [2.75, 3.05) is 13.1 Å². The van der Waals surface area contributed by atoms with Crippen molar-refractivity contribution in [2.24, 2.45) is 0 Å². The summed E-state index contributed by atoms with van der Waals surface area (Å²) < 4.78 is 3.67. The van der Waals surface area contributed by atoms with Gasteiger partial charge in [0, 0.05) is 12.6 Å². The molecule has 0 radical (unpaired) electrons. The minimum Gasteiger partial charge on any atom is -0.478 e. The molecule has 6 heteroatoms. The number of fused-ring (bicyclic) bond motifs is 1. The summed E-state index contributed by atoms with van der Waals surface area (Å²) in [5.74, 6) is -0.962. The first-order chi connectivity index (χ1) is 13.1. The summed E-state index contributed by atoms with van der Waals surface area (Å²) >= 11 is 0. The van der Waals surface area contributed by atoms with Crippen molar-refractivity contribution in [2.45, 2.75) is 57.7 Å². The second-order valence-electron chi connectivity index (χ2n) is 7.62. The fourth-order valence-corrected chi connectivity index (χ4v) is 4.65. The van der Waals surface area contributed by atoms with Crippen LogP contribution in [0.1, 0.15) is 55.4 Å². The number of nitrogens with zero attached hydrogens (tertiary/aromatic N) is 3. The molecule has 2 unspecified atom stereocenters. The number of benzene rings is 1. The van der Waals surface area contributed by atoms with Crippen LogP contribution in [-0.4, -0.2) is 44.2 Å². The summed E-state index contributed by atoms with van der Waals surface area (Å²) in [6.07, 6.45) is 9.49. The molecule has 0 amide bonds. The Labute approximate surface area is 158 Å². The van der Waals surface area contributed by atoms with Crippen LogP contribution in [0.15, 0.2) is 35.1 Å². The minimum atomic E-state index is -0.962. The van der Waals surface area contributed by atoms with E-state index in [0.29, 0.717) is 12.6 Å². The number of likely N-dealkylation sites (N-methyl/N-ethyl adjacent to an activating group) is 1. The first-order valence-corrected chi connectivity index (χ1v) is 9.99. The first kappa shape index (κ1) is 18.0. The van der Waals surface area contributed by atoms with Gasteiger partial charge in [0.2, 0.25) is 0 Å². The van der Waals surface area contributed by atoms with Crippen LogP contribution in [0.5, 0.6) is 0 Å². The molecular formula is C21H27N3O3. The van der Waals surface area contributed by atoms with Gasteiger partial charge in [0.25, 0.3) is 0 Å². The third-order valence-electron chi connectivity index (χ3n) is 6.07. The third-order valence-corrected chi connectivity index (χ3v) is 6.07. The predicted molar refractivity (Wildman–Crippen MR) is 105 cm³/mol. The van der Waals surface area contributed by atoms with Crippen LogP contribution < -0.4 is 5.69 Å². The maximum absolute atomic E-state index is 13.4. The lowest BCUT2D eigenvalue weighted by Gasteiger charge is -2.23. The maximum Gasteiger partial charge on any atom is 0.335 e.